The molecule has 114 valence electrons. The Balaban J connectivity index is 1.45. The van der Waals surface area contributed by atoms with E-state index in [1.165, 1.54) is 0 Å². The molecule has 2 unspecified atom stereocenters. The van der Waals surface area contributed by atoms with E-state index in [9.17, 15) is 0 Å². The first-order chi connectivity index (χ1) is 10.7. The average Bonchev–Trinajstić information content (AvgIpc) is 3.06. The van der Waals surface area contributed by atoms with Crippen molar-refractivity contribution in [3.63, 3.8) is 0 Å². The van der Waals surface area contributed by atoms with Gasteiger partial charge in [0.1, 0.15) is 12.1 Å². The quantitative estimate of drug-likeness (QED) is 0.836. The largest absolute Gasteiger partial charge is 0.356 e. The zero-order chi connectivity index (χ0) is 15.1. The van der Waals surface area contributed by atoms with Gasteiger partial charge in [-0.1, -0.05) is 0 Å². The Morgan fingerprint density at radius 3 is 2.09 bits per heavy atom. The molecule has 0 spiro atoms. The van der Waals surface area contributed by atoms with Gasteiger partial charge in [0.15, 0.2) is 5.82 Å². The molecule has 2 aromatic heterocycles. The van der Waals surface area contributed by atoms with Crippen LogP contribution in [0.4, 0.5) is 11.6 Å². The smallest absolute Gasteiger partial charge is 0.151 e. The highest BCUT2D eigenvalue weighted by Crippen LogP contribution is 2.34. The highest BCUT2D eigenvalue weighted by molar-refractivity contribution is 5.44. The summed E-state index contributed by atoms with van der Waals surface area (Å²) in [6.45, 7) is 8.23. The maximum atomic E-state index is 4.41. The Kier molecular flexibility index (Phi) is 3.17. The highest BCUT2D eigenvalue weighted by Gasteiger charge is 2.40. The van der Waals surface area contributed by atoms with Crippen molar-refractivity contribution < 1.29 is 0 Å². The van der Waals surface area contributed by atoms with E-state index < -0.39 is 0 Å². The van der Waals surface area contributed by atoms with E-state index in [0.717, 1.165) is 49.2 Å². The summed E-state index contributed by atoms with van der Waals surface area (Å²) in [4.78, 5) is 13.4. The van der Waals surface area contributed by atoms with Crippen LogP contribution in [0.2, 0.25) is 0 Å². The summed E-state index contributed by atoms with van der Waals surface area (Å²) in [6.07, 6.45) is 1.66. The SMILES string of the molecule is Cc1cc(N2CC3CN(c4ccc(C)nn4)CC3C2)ncn1. The van der Waals surface area contributed by atoms with Crippen LogP contribution in [-0.2, 0) is 0 Å². The number of fused-ring (bicyclic) bond motifs is 1. The molecule has 4 rings (SSSR count). The fraction of sp³-hybridized carbons (Fsp3) is 0.500. The van der Waals surface area contributed by atoms with E-state index in [-0.39, 0.29) is 0 Å². The molecular weight excluding hydrogens is 276 g/mol. The predicted molar refractivity (Wildman–Crippen MR) is 84.9 cm³/mol. The first kappa shape index (κ1) is 13.4. The van der Waals surface area contributed by atoms with E-state index in [1.54, 1.807) is 6.33 Å². The van der Waals surface area contributed by atoms with Crippen LogP contribution in [0, 0.1) is 25.7 Å². The second-order valence-electron chi connectivity index (χ2n) is 6.38. The molecule has 0 amide bonds. The van der Waals surface area contributed by atoms with Crippen LogP contribution in [0.3, 0.4) is 0 Å². The second kappa shape index (κ2) is 5.19. The van der Waals surface area contributed by atoms with Gasteiger partial charge in [-0.15, -0.1) is 5.10 Å². The van der Waals surface area contributed by atoms with Crippen LogP contribution in [0.1, 0.15) is 11.4 Å². The Morgan fingerprint density at radius 1 is 0.818 bits per heavy atom. The summed E-state index contributed by atoms with van der Waals surface area (Å²) in [5.74, 6) is 3.42. The van der Waals surface area contributed by atoms with Gasteiger partial charge in [-0.2, -0.15) is 5.10 Å². The number of hydrogen-bond donors (Lipinski definition) is 0. The van der Waals surface area contributed by atoms with Crippen molar-refractivity contribution in [2.75, 3.05) is 36.0 Å². The van der Waals surface area contributed by atoms with Gasteiger partial charge in [-0.05, 0) is 26.0 Å². The third-order valence-electron chi connectivity index (χ3n) is 4.71. The Hall–Kier alpha value is -2.24. The minimum atomic E-state index is 0.679. The van der Waals surface area contributed by atoms with Gasteiger partial charge < -0.3 is 9.80 Å². The molecule has 0 saturated carbocycles. The van der Waals surface area contributed by atoms with Crippen LogP contribution in [0.25, 0.3) is 0 Å². The molecule has 0 bridgehead atoms. The van der Waals surface area contributed by atoms with E-state index in [0.29, 0.717) is 11.8 Å². The van der Waals surface area contributed by atoms with Crippen LogP contribution >= 0.6 is 0 Å². The molecule has 6 heteroatoms. The Bertz CT molecular complexity index is 657. The maximum absolute atomic E-state index is 4.41. The van der Waals surface area contributed by atoms with Crippen molar-refractivity contribution in [3.05, 3.63) is 35.9 Å². The molecule has 2 aliphatic rings. The summed E-state index contributed by atoms with van der Waals surface area (Å²) < 4.78 is 0. The van der Waals surface area contributed by atoms with Crippen LogP contribution in [-0.4, -0.2) is 46.3 Å². The lowest BCUT2D eigenvalue weighted by Gasteiger charge is -2.22. The number of hydrogen-bond acceptors (Lipinski definition) is 6. The number of aromatic nitrogens is 4. The molecule has 2 aromatic rings. The van der Waals surface area contributed by atoms with Gasteiger partial charge in [-0.25, -0.2) is 9.97 Å². The predicted octanol–water partition coefficient (Wildman–Crippen LogP) is 1.46. The molecular formula is C16H20N6. The summed E-state index contributed by atoms with van der Waals surface area (Å²) in [5, 5.41) is 8.49. The molecule has 2 saturated heterocycles. The molecule has 2 atom stereocenters. The van der Waals surface area contributed by atoms with Gasteiger partial charge in [0, 0.05) is 49.8 Å². The Morgan fingerprint density at radius 2 is 1.50 bits per heavy atom. The lowest BCUT2D eigenvalue weighted by atomic mass is 10.0. The highest BCUT2D eigenvalue weighted by atomic mass is 15.3. The van der Waals surface area contributed by atoms with Crippen LogP contribution < -0.4 is 9.80 Å². The van der Waals surface area contributed by atoms with Gasteiger partial charge in [-0.3, -0.25) is 0 Å². The molecule has 2 fully saturated rings. The van der Waals surface area contributed by atoms with Gasteiger partial charge in [0.25, 0.3) is 0 Å². The summed E-state index contributed by atoms with van der Waals surface area (Å²) in [5.41, 5.74) is 1.99. The lowest BCUT2D eigenvalue weighted by Crippen LogP contribution is -2.29. The molecule has 4 heterocycles. The second-order valence-corrected chi connectivity index (χ2v) is 6.38. The number of rotatable bonds is 2. The molecule has 0 radical (unpaired) electrons. The third-order valence-corrected chi connectivity index (χ3v) is 4.71. The van der Waals surface area contributed by atoms with Crippen LogP contribution in [0.5, 0.6) is 0 Å². The number of anilines is 2. The summed E-state index contributed by atoms with van der Waals surface area (Å²) in [6, 6.07) is 6.19. The Labute approximate surface area is 130 Å². The van der Waals surface area contributed by atoms with E-state index >= 15 is 0 Å². The maximum Gasteiger partial charge on any atom is 0.151 e. The van der Waals surface area contributed by atoms with Crippen molar-refractivity contribution in [1.82, 2.24) is 20.2 Å². The average molecular weight is 296 g/mol. The molecule has 6 nitrogen and oxygen atoms in total. The zero-order valence-corrected chi connectivity index (χ0v) is 13.0. The summed E-state index contributed by atoms with van der Waals surface area (Å²) >= 11 is 0. The van der Waals surface area contributed by atoms with E-state index in [4.69, 9.17) is 0 Å². The molecule has 22 heavy (non-hydrogen) atoms. The lowest BCUT2D eigenvalue weighted by molar-refractivity contribution is 0.533. The molecule has 0 aliphatic carbocycles. The van der Waals surface area contributed by atoms with Crippen molar-refractivity contribution in [2.24, 2.45) is 11.8 Å². The normalized spacial score (nSPS) is 23.9. The molecule has 2 aliphatic heterocycles. The number of nitrogens with zero attached hydrogens (tertiary/aromatic N) is 6. The first-order valence-electron chi connectivity index (χ1n) is 7.78. The van der Waals surface area contributed by atoms with Gasteiger partial charge in [0.2, 0.25) is 0 Å². The fourth-order valence-electron chi connectivity index (χ4n) is 3.54. The van der Waals surface area contributed by atoms with Crippen molar-refractivity contribution in [2.45, 2.75) is 13.8 Å². The van der Waals surface area contributed by atoms with Crippen LogP contribution in [0.15, 0.2) is 24.5 Å². The molecule has 0 N–H and O–H groups in total. The van der Waals surface area contributed by atoms with Gasteiger partial charge >= 0.3 is 0 Å². The fourth-order valence-corrected chi connectivity index (χ4v) is 3.54. The van der Waals surface area contributed by atoms with Crippen molar-refractivity contribution >= 4 is 11.6 Å². The van der Waals surface area contributed by atoms with Crippen molar-refractivity contribution in [3.8, 4) is 0 Å². The topological polar surface area (TPSA) is 58.0 Å². The minimum absolute atomic E-state index is 0.679. The van der Waals surface area contributed by atoms with Gasteiger partial charge in [0.05, 0.1) is 5.69 Å². The zero-order valence-electron chi connectivity index (χ0n) is 13.0. The standard InChI is InChI=1S/C16H20N6/c1-11-3-4-15(20-19-11)21-6-13-8-22(9-14(13)7-21)16-5-12(2)17-10-18-16/h3-5,10,13-14H,6-9H2,1-2H3. The number of aryl methyl sites for hydroxylation is 2. The van der Waals surface area contributed by atoms with E-state index in [1.807, 2.05) is 19.9 Å². The first-order valence-corrected chi connectivity index (χ1v) is 7.78. The minimum Gasteiger partial charge on any atom is -0.356 e. The summed E-state index contributed by atoms with van der Waals surface area (Å²) in [7, 11) is 0. The monoisotopic (exact) mass is 296 g/mol. The van der Waals surface area contributed by atoms with E-state index in [2.05, 4.69) is 42.1 Å². The van der Waals surface area contributed by atoms with Crippen molar-refractivity contribution in [1.29, 1.82) is 0 Å². The molecule has 0 aromatic carbocycles. The third kappa shape index (κ3) is 2.38.